The van der Waals surface area contributed by atoms with Crippen molar-refractivity contribution < 1.29 is 13.2 Å². The SMILES string of the molecule is Fc1ccc(CC(Cl)c2cc3ccccc3o2)cc1F. The number of benzene rings is 2. The second-order valence-corrected chi connectivity index (χ2v) is 5.13. The van der Waals surface area contributed by atoms with Crippen molar-refractivity contribution in [1.29, 1.82) is 0 Å². The zero-order chi connectivity index (χ0) is 14.1. The number of hydrogen-bond donors (Lipinski definition) is 0. The Morgan fingerprint density at radius 2 is 1.80 bits per heavy atom. The van der Waals surface area contributed by atoms with Gasteiger partial charge in [0.15, 0.2) is 11.6 Å². The summed E-state index contributed by atoms with van der Waals surface area (Å²) in [5, 5.41) is 0.547. The summed E-state index contributed by atoms with van der Waals surface area (Å²) in [5.41, 5.74) is 1.39. The highest BCUT2D eigenvalue weighted by Crippen LogP contribution is 2.30. The minimum Gasteiger partial charge on any atom is -0.459 e. The first kappa shape index (κ1) is 13.1. The van der Waals surface area contributed by atoms with Crippen molar-refractivity contribution in [1.82, 2.24) is 0 Å². The number of rotatable bonds is 3. The van der Waals surface area contributed by atoms with Gasteiger partial charge in [-0.1, -0.05) is 24.3 Å². The molecular weight excluding hydrogens is 282 g/mol. The predicted octanol–water partition coefficient (Wildman–Crippen LogP) is 5.23. The number of halogens is 3. The molecule has 0 radical (unpaired) electrons. The third-order valence-electron chi connectivity index (χ3n) is 3.15. The van der Waals surface area contributed by atoms with Crippen molar-refractivity contribution in [2.75, 3.05) is 0 Å². The Kier molecular flexibility index (Phi) is 3.45. The average Bonchev–Trinajstić information content (AvgIpc) is 2.87. The van der Waals surface area contributed by atoms with Crippen LogP contribution in [-0.4, -0.2) is 0 Å². The Bertz CT molecular complexity index is 718. The number of hydrogen-bond acceptors (Lipinski definition) is 1. The molecule has 4 heteroatoms. The highest BCUT2D eigenvalue weighted by atomic mass is 35.5. The summed E-state index contributed by atoms with van der Waals surface area (Å²) in [7, 11) is 0. The van der Waals surface area contributed by atoms with Crippen molar-refractivity contribution in [3.05, 3.63) is 71.5 Å². The van der Waals surface area contributed by atoms with Crippen LogP contribution >= 0.6 is 11.6 Å². The first-order valence-corrected chi connectivity index (χ1v) is 6.63. The Labute approximate surface area is 119 Å². The van der Waals surface area contributed by atoms with Crippen molar-refractivity contribution in [3.63, 3.8) is 0 Å². The molecule has 0 amide bonds. The highest BCUT2D eigenvalue weighted by Gasteiger charge is 2.15. The lowest BCUT2D eigenvalue weighted by Crippen LogP contribution is -1.96. The summed E-state index contributed by atoms with van der Waals surface area (Å²) in [6.45, 7) is 0. The lowest BCUT2D eigenvalue weighted by Gasteiger charge is -2.06. The first-order chi connectivity index (χ1) is 9.63. The normalized spacial score (nSPS) is 12.8. The maximum atomic E-state index is 13.2. The molecule has 1 heterocycles. The molecule has 102 valence electrons. The maximum Gasteiger partial charge on any atom is 0.159 e. The summed E-state index contributed by atoms with van der Waals surface area (Å²) in [6.07, 6.45) is 0.374. The Morgan fingerprint density at radius 3 is 2.55 bits per heavy atom. The number of alkyl halides is 1. The van der Waals surface area contributed by atoms with Gasteiger partial charge in [0.2, 0.25) is 0 Å². The average molecular weight is 293 g/mol. The van der Waals surface area contributed by atoms with Gasteiger partial charge in [-0.05, 0) is 36.2 Å². The van der Waals surface area contributed by atoms with Crippen LogP contribution in [0.25, 0.3) is 11.0 Å². The third-order valence-corrected chi connectivity index (χ3v) is 3.52. The molecule has 3 rings (SSSR count). The van der Waals surface area contributed by atoms with Gasteiger partial charge in [0.25, 0.3) is 0 Å². The molecule has 1 aromatic heterocycles. The lowest BCUT2D eigenvalue weighted by atomic mass is 10.1. The molecule has 0 saturated heterocycles. The van der Waals surface area contributed by atoms with Gasteiger partial charge in [-0.15, -0.1) is 11.6 Å². The van der Waals surface area contributed by atoms with Crippen LogP contribution in [0.4, 0.5) is 8.78 Å². The van der Waals surface area contributed by atoms with E-state index in [9.17, 15) is 8.78 Å². The van der Waals surface area contributed by atoms with E-state index in [0.29, 0.717) is 17.7 Å². The number of furan rings is 1. The van der Waals surface area contributed by atoms with E-state index in [1.165, 1.54) is 6.07 Å². The zero-order valence-electron chi connectivity index (χ0n) is 10.4. The molecular formula is C16H11ClF2O. The van der Waals surface area contributed by atoms with E-state index in [4.69, 9.17) is 16.0 Å². The molecule has 1 nitrogen and oxygen atoms in total. The zero-order valence-corrected chi connectivity index (χ0v) is 11.2. The summed E-state index contributed by atoms with van der Waals surface area (Å²) < 4.78 is 31.7. The number of fused-ring (bicyclic) bond motifs is 1. The maximum absolute atomic E-state index is 13.2. The van der Waals surface area contributed by atoms with Gasteiger partial charge in [-0.25, -0.2) is 8.78 Å². The van der Waals surface area contributed by atoms with E-state index in [0.717, 1.165) is 23.1 Å². The van der Waals surface area contributed by atoms with Crippen LogP contribution in [0.2, 0.25) is 0 Å². The van der Waals surface area contributed by atoms with Crippen molar-refractivity contribution >= 4 is 22.6 Å². The van der Waals surface area contributed by atoms with E-state index in [-0.39, 0.29) is 0 Å². The van der Waals surface area contributed by atoms with Gasteiger partial charge < -0.3 is 4.42 Å². The fourth-order valence-corrected chi connectivity index (χ4v) is 2.42. The van der Waals surface area contributed by atoms with Crippen LogP contribution in [-0.2, 0) is 6.42 Å². The van der Waals surface area contributed by atoms with E-state index in [2.05, 4.69) is 0 Å². The van der Waals surface area contributed by atoms with E-state index in [1.807, 2.05) is 30.3 Å². The van der Waals surface area contributed by atoms with Crippen molar-refractivity contribution in [3.8, 4) is 0 Å². The molecule has 0 aliphatic heterocycles. The quantitative estimate of drug-likeness (QED) is 0.602. The molecule has 0 spiro atoms. The molecule has 0 aliphatic rings. The first-order valence-electron chi connectivity index (χ1n) is 6.20. The molecule has 0 N–H and O–H groups in total. The molecule has 20 heavy (non-hydrogen) atoms. The Morgan fingerprint density at radius 1 is 1.00 bits per heavy atom. The summed E-state index contributed by atoms with van der Waals surface area (Å²) in [5.74, 6) is -1.10. The third kappa shape index (κ3) is 2.54. The minimum absolute atomic E-state index is 0.374. The molecule has 0 saturated carbocycles. The molecule has 0 aliphatic carbocycles. The van der Waals surface area contributed by atoms with Gasteiger partial charge in [0, 0.05) is 5.39 Å². The second kappa shape index (κ2) is 5.25. The van der Waals surface area contributed by atoms with E-state index < -0.39 is 17.0 Å². The largest absolute Gasteiger partial charge is 0.459 e. The van der Waals surface area contributed by atoms with Gasteiger partial charge in [-0.3, -0.25) is 0 Å². The fourth-order valence-electron chi connectivity index (χ4n) is 2.13. The molecule has 2 aromatic carbocycles. The second-order valence-electron chi connectivity index (χ2n) is 4.61. The Balaban J connectivity index is 1.84. The summed E-state index contributed by atoms with van der Waals surface area (Å²) in [4.78, 5) is 0. The van der Waals surface area contributed by atoms with E-state index >= 15 is 0 Å². The summed E-state index contributed by atoms with van der Waals surface area (Å²) >= 11 is 6.29. The Hall–Kier alpha value is -1.87. The topological polar surface area (TPSA) is 13.1 Å². The van der Waals surface area contributed by atoms with Crippen LogP contribution in [0.5, 0.6) is 0 Å². The van der Waals surface area contributed by atoms with Gasteiger partial charge in [-0.2, -0.15) is 0 Å². The van der Waals surface area contributed by atoms with Gasteiger partial charge in [0.05, 0.1) is 5.38 Å². The van der Waals surface area contributed by atoms with Crippen LogP contribution in [0.3, 0.4) is 0 Å². The van der Waals surface area contributed by atoms with Crippen LogP contribution < -0.4 is 0 Å². The molecule has 1 atom stereocenters. The monoisotopic (exact) mass is 292 g/mol. The predicted molar refractivity (Wildman–Crippen MR) is 74.9 cm³/mol. The molecule has 1 unspecified atom stereocenters. The van der Waals surface area contributed by atoms with Crippen LogP contribution in [0.15, 0.2) is 52.9 Å². The van der Waals surface area contributed by atoms with Crippen LogP contribution in [0, 0.1) is 11.6 Å². The van der Waals surface area contributed by atoms with Crippen molar-refractivity contribution in [2.45, 2.75) is 11.8 Å². The van der Waals surface area contributed by atoms with Gasteiger partial charge in [0.1, 0.15) is 11.3 Å². The molecule has 0 fully saturated rings. The fraction of sp³-hybridized carbons (Fsp3) is 0.125. The highest BCUT2D eigenvalue weighted by molar-refractivity contribution is 6.20. The summed E-state index contributed by atoms with van der Waals surface area (Å²) in [6, 6.07) is 13.3. The standard InChI is InChI=1S/C16H11ClF2O/c17-12(7-10-5-6-13(18)14(19)8-10)16-9-11-3-1-2-4-15(11)20-16/h1-6,8-9,12H,7H2. The van der Waals surface area contributed by atoms with E-state index in [1.54, 1.807) is 0 Å². The smallest absolute Gasteiger partial charge is 0.159 e. The minimum atomic E-state index is -0.865. The molecule has 3 aromatic rings. The van der Waals surface area contributed by atoms with Gasteiger partial charge >= 0.3 is 0 Å². The van der Waals surface area contributed by atoms with Crippen LogP contribution in [0.1, 0.15) is 16.7 Å². The van der Waals surface area contributed by atoms with Crippen molar-refractivity contribution in [2.24, 2.45) is 0 Å². The lowest BCUT2D eigenvalue weighted by molar-refractivity contribution is 0.505. The molecule has 0 bridgehead atoms. The number of para-hydroxylation sites is 1.